The first kappa shape index (κ1) is 11.7. The molecule has 0 bridgehead atoms. The molecule has 2 rings (SSSR count). The maximum atomic E-state index is 13.1. The third-order valence-corrected chi connectivity index (χ3v) is 3.49. The molecule has 1 aliphatic carbocycles. The van der Waals surface area contributed by atoms with Gasteiger partial charge in [0, 0.05) is 19.2 Å². The van der Waals surface area contributed by atoms with Crippen molar-refractivity contribution in [2.45, 2.75) is 25.0 Å². The summed E-state index contributed by atoms with van der Waals surface area (Å²) < 4.78 is 18.7. The smallest absolute Gasteiger partial charge is 0.139 e. The summed E-state index contributed by atoms with van der Waals surface area (Å²) in [5.41, 5.74) is 6.93. The van der Waals surface area contributed by atoms with Crippen molar-refractivity contribution in [3.8, 4) is 0 Å². The first-order chi connectivity index (χ1) is 7.60. The molecule has 1 aliphatic rings. The van der Waals surface area contributed by atoms with Crippen LogP contribution in [0.2, 0.25) is 0 Å². The van der Waals surface area contributed by atoms with Gasteiger partial charge in [-0.3, -0.25) is 0 Å². The lowest BCUT2D eigenvalue weighted by Crippen LogP contribution is -2.40. The third-order valence-electron chi connectivity index (χ3n) is 2.88. The summed E-state index contributed by atoms with van der Waals surface area (Å²) in [4.78, 5) is 0. The van der Waals surface area contributed by atoms with Gasteiger partial charge < -0.3 is 15.8 Å². The van der Waals surface area contributed by atoms with Crippen LogP contribution in [0.15, 0.2) is 16.6 Å². The number of nitrogens with one attached hydrogen (secondary N) is 1. The molecule has 0 aliphatic heterocycles. The van der Waals surface area contributed by atoms with Crippen molar-refractivity contribution < 1.29 is 9.13 Å². The first-order valence-corrected chi connectivity index (χ1v) is 5.93. The number of benzene rings is 1. The molecule has 88 valence electrons. The highest BCUT2D eigenvalue weighted by Gasteiger charge is 2.29. The van der Waals surface area contributed by atoms with Crippen molar-refractivity contribution in [3.05, 3.63) is 22.4 Å². The van der Waals surface area contributed by atoms with E-state index in [-0.39, 0.29) is 5.82 Å². The normalized spacial score (nSPS) is 23.9. The van der Waals surface area contributed by atoms with Crippen LogP contribution in [0.25, 0.3) is 0 Å². The Morgan fingerprint density at radius 3 is 2.81 bits per heavy atom. The van der Waals surface area contributed by atoms with Crippen molar-refractivity contribution in [2.75, 3.05) is 18.2 Å². The standard InChI is InChI=1S/C11H14BrFN2O/c1-16-7-2-6(3-7)15-11-4-8(12)9(13)5-10(11)14/h4-7,15H,2-3,14H2,1H3. The van der Waals surface area contributed by atoms with Gasteiger partial charge in [0.05, 0.1) is 22.0 Å². The van der Waals surface area contributed by atoms with Gasteiger partial charge in [0.15, 0.2) is 0 Å². The fraction of sp³-hybridized carbons (Fsp3) is 0.455. The van der Waals surface area contributed by atoms with E-state index in [1.165, 1.54) is 6.07 Å². The Kier molecular flexibility index (Phi) is 3.35. The Morgan fingerprint density at radius 2 is 2.19 bits per heavy atom. The van der Waals surface area contributed by atoms with Gasteiger partial charge >= 0.3 is 0 Å². The van der Waals surface area contributed by atoms with Crippen LogP contribution in [0, 0.1) is 5.82 Å². The molecule has 1 saturated carbocycles. The summed E-state index contributed by atoms with van der Waals surface area (Å²) in [6.45, 7) is 0. The molecule has 1 fully saturated rings. The molecule has 0 amide bonds. The van der Waals surface area contributed by atoms with E-state index in [1.807, 2.05) is 0 Å². The maximum Gasteiger partial charge on any atom is 0.139 e. The number of halogens is 2. The summed E-state index contributed by atoms with van der Waals surface area (Å²) in [6, 6.07) is 3.36. The second-order valence-electron chi connectivity index (χ2n) is 4.02. The van der Waals surface area contributed by atoms with Crippen LogP contribution in [-0.4, -0.2) is 19.3 Å². The molecular formula is C11H14BrFN2O. The number of rotatable bonds is 3. The zero-order chi connectivity index (χ0) is 11.7. The lowest BCUT2D eigenvalue weighted by atomic mass is 9.89. The van der Waals surface area contributed by atoms with Crippen LogP contribution in [0.5, 0.6) is 0 Å². The average molecular weight is 289 g/mol. The Morgan fingerprint density at radius 1 is 1.50 bits per heavy atom. The Hall–Kier alpha value is -0.810. The molecule has 0 aromatic heterocycles. The van der Waals surface area contributed by atoms with E-state index in [1.54, 1.807) is 13.2 Å². The quantitative estimate of drug-likeness (QED) is 0.841. The van der Waals surface area contributed by atoms with Crippen LogP contribution in [0.3, 0.4) is 0 Å². The molecule has 0 heterocycles. The van der Waals surface area contributed by atoms with Crippen molar-refractivity contribution in [2.24, 2.45) is 0 Å². The monoisotopic (exact) mass is 288 g/mol. The summed E-state index contributed by atoms with van der Waals surface area (Å²) in [7, 11) is 1.71. The molecule has 16 heavy (non-hydrogen) atoms. The number of nitrogen functional groups attached to an aromatic ring is 1. The van der Waals surface area contributed by atoms with Crippen LogP contribution in [-0.2, 0) is 4.74 Å². The van der Waals surface area contributed by atoms with E-state index in [0.29, 0.717) is 22.3 Å². The topological polar surface area (TPSA) is 47.3 Å². The number of hydrogen-bond acceptors (Lipinski definition) is 3. The summed E-state index contributed by atoms with van der Waals surface area (Å²) >= 11 is 3.14. The molecule has 0 radical (unpaired) electrons. The number of anilines is 2. The summed E-state index contributed by atoms with van der Waals surface area (Å²) in [5.74, 6) is -0.341. The predicted molar refractivity (Wildman–Crippen MR) is 66.0 cm³/mol. The molecule has 3 N–H and O–H groups in total. The maximum absolute atomic E-state index is 13.1. The number of methoxy groups -OCH3 is 1. The second-order valence-corrected chi connectivity index (χ2v) is 4.88. The highest BCUT2D eigenvalue weighted by atomic mass is 79.9. The average Bonchev–Trinajstić information content (AvgIpc) is 2.18. The van der Waals surface area contributed by atoms with Crippen LogP contribution in [0.4, 0.5) is 15.8 Å². The number of hydrogen-bond donors (Lipinski definition) is 2. The minimum absolute atomic E-state index is 0.336. The highest BCUT2D eigenvalue weighted by molar-refractivity contribution is 9.10. The van der Waals surface area contributed by atoms with E-state index in [0.717, 1.165) is 18.5 Å². The molecule has 0 spiro atoms. The van der Waals surface area contributed by atoms with E-state index in [4.69, 9.17) is 10.5 Å². The molecule has 0 unspecified atom stereocenters. The molecular weight excluding hydrogens is 275 g/mol. The SMILES string of the molecule is COC1CC(Nc2cc(Br)c(F)cc2N)C1. The van der Waals surface area contributed by atoms with E-state index in [2.05, 4.69) is 21.2 Å². The Balaban J connectivity index is 2.02. The van der Waals surface area contributed by atoms with E-state index in [9.17, 15) is 4.39 Å². The zero-order valence-corrected chi connectivity index (χ0v) is 10.6. The summed E-state index contributed by atoms with van der Waals surface area (Å²) in [5, 5.41) is 3.28. The predicted octanol–water partition coefficient (Wildman–Crippen LogP) is 2.76. The van der Waals surface area contributed by atoms with Crippen molar-refractivity contribution in [1.29, 1.82) is 0 Å². The zero-order valence-electron chi connectivity index (χ0n) is 8.97. The van der Waals surface area contributed by atoms with Crippen LogP contribution in [0.1, 0.15) is 12.8 Å². The Labute approximate surface area is 102 Å². The summed E-state index contributed by atoms with van der Waals surface area (Å²) in [6.07, 6.45) is 2.26. The van der Waals surface area contributed by atoms with Gasteiger partial charge in [-0.25, -0.2) is 4.39 Å². The van der Waals surface area contributed by atoms with Crippen LogP contribution >= 0.6 is 15.9 Å². The Bertz CT molecular complexity index is 394. The van der Waals surface area contributed by atoms with Crippen molar-refractivity contribution >= 4 is 27.3 Å². The number of ether oxygens (including phenoxy) is 1. The molecule has 1 aromatic carbocycles. The van der Waals surface area contributed by atoms with Gasteiger partial charge in [-0.05, 0) is 34.8 Å². The van der Waals surface area contributed by atoms with E-state index < -0.39 is 0 Å². The van der Waals surface area contributed by atoms with Gasteiger partial charge in [0.2, 0.25) is 0 Å². The molecule has 3 nitrogen and oxygen atoms in total. The fourth-order valence-corrected chi connectivity index (χ4v) is 2.13. The minimum Gasteiger partial charge on any atom is -0.397 e. The number of nitrogens with two attached hydrogens (primary N) is 1. The largest absolute Gasteiger partial charge is 0.397 e. The first-order valence-electron chi connectivity index (χ1n) is 5.14. The van der Waals surface area contributed by atoms with Gasteiger partial charge in [0.25, 0.3) is 0 Å². The van der Waals surface area contributed by atoms with Gasteiger partial charge in [0.1, 0.15) is 5.82 Å². The fourth-order valence-electron chi connectivity index (χ4n) is 1.78. The van der Waals surface area contributed by atoms with Crippen molar-refractivity contribution in [1.82, 2.24) is 0 Å². The molecule has 0 atom stereocenters. The second kappa shape index (κ2) is 4.59. The molecule has 0 saturated heterocycles. The molecule has 1 aromatic rings. The lowest BCUT2D eigenvalue weighted by Gasteiger charge is -2.35. The molecule has 5 heteroatoms. The van der Waals surface area contributed by atoms with E-state index >= 15 is 0 Å². The third kappa shape index (κ3) is 2.30. The van der Waals surface area contributed by atoms with Gasteiger partial charge in [-0.15, -0.1) is 0 Å². The van der Waals surface area contributed by atoms with Gasteiger partial charge in [-0.2, -0.15) is 0 Å². The van der Waals surface area contributed by atoms with Crippen molar-refractivity contribution in [3.63, 3.8) is 0 Å². The van der Waals surface area contributed by atoms with Gasteiger partial charge in [-0.1, -0.05) is 0 Å². The lowest BCUT2D eigenvalue weighted by molar-refractivity contribution is 0.0329. The minimum atomic E-state index is -0.341. The highest BCUT2D eigenvalue weighted by Crippen LogP contribution is 2.31. The van der Waals surface area contributed by atoms with Crippen LogP contribution < -0.4 is 11.1 Å².